The summed E-state index contributed by atoms with van der Waals surface area (Å²) in [5.74, 6) is 0.0217. The topological polar surface area (TPSA) is 41.1 Å². The highest BCUT2D eigenvalue weighted by Gasteiger charge is 2.12. The van der Waals surface area contributed by atoms with Crippen molar-refractivity contribution in [1.29, 1.82) is 0 Å². The number of carbonyl (C=O) groups excluding carboxylic acids is 1. The number of hydrogen-bond acceptors (Lipinski definition) is 2. The van der Waals surface area contributed by atoms with Crippen molar-refractivity contribution in [2.75, 3.05) is 18.9 Å². The van der Waals surface area contributed by atoms with Crippen LogP contribution in [-0.2, 0) is 17.6 Å². The lowest BCUT2D eigenvalue weighted by atomic mass is 9.90. The summed E-state index contributed by atoms with van der Waals surface area (Å²) in [6.45, 7) is 0.354. The van der Waals surface area contributed by atoms with Gasteiger partial charge in [0.2, 0.25) is 5.91 Å². The lowest BCUT2D eigenvalue weighted by Crippen LogP contribution is -2.26. The van der Waals surface area contributed by atoms with Gasteiger partial charge in [0.15, 0.2) is 0 Å². The molecule has 0 heterocycles. The van der Waals surface area contributed by atoms with E-state index in [1.165, 1.54) is 30.4 Å². The van der Waals surface area contributed by atoms with Crippen molar-refractivity contribution in [1.82, 2.24) is 5.32 Å². The van der Waals surface area contributed by atoms with Gasteiger partial charge in [-0.05, 0) is 42.9 Å². The van der Waals surface area contributed by atoms with Crippen LogP contribution in [0.25, 0.3) is 0 Å². The number of hydrogen-bond donors (Lipinski definition) is 2. The summed E-state index contributed by atoms with van der Waals surface area (Å²) in [5, 5.41) is 5.83. The molecular weight excluding hydrogens is 200 g/mol. The Morgan fingerprint density at radius 3 is 2.94 bits per heavy atom. The molecule has 0 spiro atoms. The molecular formula is C13H18N2O. The molecule has 16 heavy (non-hydrogen) atoms. The quantitative estimate of drug-likeness (QED) is 0.811. The first kappa shape index (κ1) is 11.0. The number of benzene rings is 1. The number of carbonyl (C=O) groups is 1. The van der Waals surface area contributed by atoms with E-state index in [0.717, 1.165) is 12.1 Å². The zero-order valence-electron chi connectivity index (χ0n) is 9.68. The first-order valence-corrected chi connectivity index (χ1v) is 5.86. The van der Waals surface area contributed by atoms with Gasteiger partial charge in [-0.1, -0.05) is 12.1 Å². The van der Waals surface area contributed by atoms with Gasteiger partial charge in [0, 0.05) is 12.7 Å². The monoisotopic (exact) mass is 218 g/mol. The average Bonchev–Trinajstić information content (AvgIpc) is 2.35. The van der Waals surface area contributed by atoms with E-state index in [0.29, 0.717) is 6.54 Å². The second kappa shape index (κ2) is 5.01. The molecule has 3 nitrogen and oxygen atoms in total. The molecule has 3 heteroatoms. The molecule has 0 unspecified atom stereocenters. The summed E-state index contributed by atoms with van der Waals surface area (Å²) < 4.78 is 0. The molecule has 1 aromatic carbocycles. The molecule has 0 saturated heterocycles. The summed E-state index contributed by atoms with van der Waals surface area (Å²) in [4.78, 5) is 11.2. The van der Waals surface area contributed by atoms with Crippen molar-refractivity contribution < 1.29 is 4.79 Å². The van der Waals surface area contributed by atoms with Crippen LogP contribution in [-0.4, -0.2) is 19.5 Å². The van der Waals surface area contributed by atoms with Gasteiger partial charge in [-0.3, -0.25) is 4.79 Å². The fraction of sp³-hybridized carbons (Fsp3) is 0.462. The Morgan fingerprint density at radius 2 is 2.12 bits per heavy atom. The summed E-state index contributed by atoms with van der Waals surface area (Å²) in [7, 11) is 1.66. The van der Waals surface area contributed by atoms with Crippen molar-refractivity contribution in [2.45, 2.75) is 25.7 Å². The van der Waals surface area contributed by atoms with Crippen LogP contribution < -0.4 is 10.6 Å². The number of fused-ring (bicyclic) bond motifs is 1. The van der Waals surface area contributed by atoms with Crippen LogP contribution in [0, 0.1) is 0 Å². The van der Waals surface area contributed by atoms with Gasteiger partial charge in [-0.15, -0.1) is 0 Å². The first-order valence-electron chi connectivity index (χ1n) is 5.86. The van der Waals surface area contributed by atoms with Crippen molar-refractivity contribution in [3.63, 3.8) is 0 Å². The highest BCUT2D eigenvalue weighted by molar-refractivity contribution is 5.80. The normalized spacial score (nSPS) is 14.1. The molecule has 0 atom stereocenters. The zero-order valence-corrected chi connectivity index (χ0v) is 9.68. The van der Waals surface area contributed by atoms with E-state index in [2.05, 4.69) is 28.8 Å². The molecule has 1 aliphatic carbocycles. The van der Waals surface area contributed by atoms with Gasteiger partial charge in [-0.25, -0.2) is 0 Å². The molecule has 1 aliphatic rings. The van der Waals surface area contributed by atoms with E-state index < -0.39 is 0 Å². The molecule has 0 radical (unpaired) electrons. The summed E-state index contributed by atoms with van der Waals surface area (Å²) in [6.07, 6.45) is 4.84. The lowest BCUT2D eigenvalue weighted by Gasteiger charge is -2.19. The third-order valence-electron chi connectivity index (χ3n) is 3.11. The molecule has 1 aromatic rings. The van der Waals surface area contributed by atoms with E-state index in [9.17, 15) is 4.79 Å². The standard InChI is InChI=1S/C13H18N2O/c1-14-13(16)9-15-12-8-4-6-10-5-2-3-7-11(10)12/h4,6,8,15H,2-3,5,7,9H2,1H3,(H,14,16). The van der Waals surface area contributed by atoms with Crippen LogP contribution in [0.5, 0.6) is 0 Å². The summed E-state index contributed by atoms with van der Waals surface area (Å²) in [5.41, 5.74) is 3.96. The average molecular weight is 218 g/mol. The van der Waals surface area contributed by atoms with Crippen LogP contribution in [0.1, 0.15) is 24.0 Å². The largest absolute Gasteiger partial charge is 0.376 e. The van der Waals surface area contributed by atoms with Crippen LogP contribution in [0.2, 0.25) is 0 Å². The van der Waals surface area contributed by atoms with Crippen molar-refractivity contribution >= 4 is 11.6 Å². The minimum Gasteiger partial charge on any atom is -0.376 e. The minimum absolute atomic E-state index is 0.0217. The Morgan fingerprint density at radius 1 is 1.31 bits per heavy atom. The van der Waals surface area contributed by atoms with Gasteiger partial charge in [0.05, 0.1) is 6.54 Å². The summed E-state index contributed by atoms with van der Waals surface area (Å²) in [6, 6.07) is 6.32. The Labute approximate surface area is 96.2 Å². The van der Waals surface area contributed by atoms with Crippen molar-refractivity contribution in [3.8, 4) is 0 Å². The van der Waals surface area contributed by atoms with Crippen molar-refractivity contribution in [3.05, 3.63) is 29.3 Å². The van der Waals surface area contributed by atoms with E-state index in [4.69, 9.17) is 0 Å². The van der Waals surface area contributed by atoms with E-state index in [-0.39, 0.29) is 5.91 Å². The van der Waals surface area contributed by atoms with Crippen LogP contribution in [0.3, 0.4) is 0 Å². The molecule has 1 amide bonds. The van der Waals surface area contributed by atoms with Gasteiger partial charge in [-0.2, -0.15) is 0 Å². The highest BCUT2D eigenvalue weighted by Crippen LogP contribution is 2.27. The Hall–Kier alpha value is -1.51. The highest BCUT2D eigenvalue weighted by atomic mass is 16.1. The number of anilines is 1. The Balaban J connectivity index is 2.11. The minimum atomic E-state index is 0.0217. The predicted octanol–water partition coefficient (Wildman–Crippen LogP) is 1.72. The second-order valence-electron chi connectivity index (χ2n) is 4.18. The van der Waals surface area contributed by atoms with E-state index in [1.54, 1.807) is 7.05 Å². The zero-order chi connectivity index (χ0) is 11.4. The third kappa shape index (κ3) is 2.35. The number of amides is 1. The van der Waals surface area contributed by atoms with Gasteiger partial charge >= 0.3 is 0 Å². The number of nitrogens with one attached hydrogen (secondary N) is 2. The molecule has 0 bridgehead atoms. The molecule has 0 aromatic heterocycles. The number of likely N-dealkylation sites (N-methyl/N-ethyl adjacent to an activating group) is 1. The maximum atomic E-state index is 11.2. The van der Waals surface area contributed by atoms with Gasteiger partial charge in [0.1, 0.15) is 0 Å². The first-order chi connectivity index (χ1) is 7.81. The fourth-order valence-corrected chi connectivity index (χ4v) is 2.21. The van der Waals surface area contributed by atoms with Crippen molar-refractivity contribution in [2.24, 2.45) is 0 Å². The van der Waals surface area contributed by atoms with Crippen LogP contribution in [0.15, 0.2) is 18.2 Å². The Kier molecular flexibility index (Phi) is 3.44. The molecule has 0 fully saturated rings. The van der Waals surface area contributed by atoms with E-state index >= 15 is 0 Å². The predicted molar refractivity (Wildman–Crippen MR) is 65.6 cm³/mol. The second-order valence-corrected chi connectivity index (χ2v) is 4.18. The number of aryl methyl sites for hydroxylation is 1. The molecule has 0 saturated carbocycles. The SMILES string of the molecule is CNC(=O)CNc1cccc2c1CCCC2. The smallest absolute Gasteiger partial charge is 0.239 e. The maximum Gasteiger partial charge on any atom is 0.239 e. The number of rotatable bonds is 3. The molecule has 86 valence electrons. The molecule has 2 rings (SSSR count). The Bertz CT molecular complexity index is 388. The summed E-state index contributed by atoms with van der Waals surface area (Å²) >= 11 is 0. The lowest BCUT2D eigenvalue weighted by molar-refractivity contribution is -0.118. The van der Waals surface area contributed by atoms with Crippen LogP contribution >= 0.6 is 0 Å². The van der Waals surface area contributed by atoms with E-state index in [1.807, 2.05) is 0 Å². The van der Waals surface area contributed by atoms with Gasteiger partial charge in [0.25, 0.3) is 0 Å². The van der Waals surface area contributed by atoms with Gasteiger partial charge < -0.3 is 10.6 Å². The van der Waals surface area contributed by atoms with Crippen LogP contribution in [0.4, 0.5) is 5.69 Å². The third-order valence-corrected chi connectivity index (χ3v) is 3.11. The fourth-order valence-electron chi connectivity index (χ4n) is 2.21. The molecule has 0 aliphatic heterocycles. The maximum absolute atomic E-state index is 11.2. The molecule has 2 N–H and O–H groups in total.